The number of nitrogens with two attached hydrogens (primary N) is 1. The third-order valence-corrected chi connectivity index (χ3v) is 4.54. The molecule has 0 saturated heterocycles. The molecule has 0 radical (unpaired) electrons. The van der Waals surface area contributed by atoms with Gasteiger partial charge in [-0.25, -0.2) is 0 Å². The number of rotatable bonds is 3. The quantitative estimate of drug-likeness (QED) is 0.900. The minimum atomic E-state index is 0.00170. The van der Waals surface area contributed by atoms with Gasteiger partial charge < -0.3 is 15.4 Å². The number of carbonyl (C=O) groups is 1. The van der Waals surface area contributed by atoms with Gasteiger partial charge >= 0.3 is 0 Å². The topological polar surface area (TPSA) is 55.6 Å². The predicted molar refractivity (Wildman–Crippen MR) is 74.4 cm³/mol. The lowest BCUT2D eigenvalue weighted by Gasteiger charge is -2.41. The molecule has 2 N–H and O–H groups in total. The number of hydrogen-bond donors (Lipinski definition) is 1. The van der Waals surface area contributed by atoms with Crippen molar-refractivity contribution in [2.45, 2.75) is 25.7 Å². The first-order valence-corrected chi connectivity index (χ1v) is 6.86. The molecule has 4 heteroatoms. The zero-order chi connectivity index (χ0) is 13.5. The monoisotopic (exact) mass is 260 g/mol. The van der Waals surface area contributed by atoms with E-state index in [1.54, 1.807) is 11.9 Å². The smallest absolute Gasteiger partial charge is 0.264 e. The highest BCUT2D eigenvalue weighted by molar-refractivity contribution is 5.97. The fourth-order valence-corrected chi connectivity index (χ4v) is 2.99. The second-order valence-corrected chi connectivity index (χ2v) is 5.78. The van der Waals surface area contributed by atoms with Crippen molar-refractivity contribution in [1.82, 2.24) is 0 Å². The molecule has 1 aromatic rings. The molecular formula is C15H20N2O2. The molecule has 0 bridgehead atoms. The first-order valence-electron chi connectivity index (χ1n) is 6.86. The molecule has 2 aliphatic rings. The molecule has 0 unspecified atom stereocenters. The summed E-state index contributed by atoms with van der Waals surface area (Å²) in [6, 6.07) is 6.14. The lowest BCUT2D eigenvalue weighted by Crippen LogP contribution is -2.39. The van der Waals surface area contributed by atoms with Gasteiger partial charge in [0, 0.05) is 7.05 Å². The van der Waals surface area contributed by atoms with E-state index in [9.17, 15) is 4.79 Å². The Hall–Kier alpha value is -1.55. The van der Waals surface area contributed by atoms with Crippen LogP contribution in [0.4, 0.5) is 5.69 Å². The highest BCUT2D eigenvalue weighted by atomic mass is 16.5. The van der Waals surface area contributed by atoms with Crippen LogP contribution in [0.25, 0.3) is 0 Å². The lowest BCUT2D eigenvalue weighted by atomic mass is 9.65. The van der Waals surface area contributed by atoms with Crippen LogP contribution in [0.1, 0.15) is 24.8 Å². The van der Waals surface area contributed by atoms with E-state index in [0.717, 1.165) is 24.4 Å². The van der Waals surface area contributed by atoms with Crippen molar-refractivity contribution in [3.05, 3.63) is 23.8 Å². The van der Waals surface area contributed by atoms with Crippen molar-refractivity contribution in [1.29, 1.82) is 0 Å². The van der Waals surface area contributed by atoms with Gasteiger partial charge in [0.05, 0.1) is 5.69 Å². The summed E-state index contributed by atoms with van der Waals surface area (Å²) in [5.41, 5.74) is 8.32. The van der Waals surface area contributed by atoms with Gasteiger partial charge in [-0.05, 0) is 48.9 Å². The summed E-state index contributed by atoms with van der Waals surface area (Å²) < 4.78 is 5.44. The average molecular weight is 260 g/mol. The molecule has 1 aliphatic heterocycles. The number of amides is 1. The number of anilines is 1. The van der Waals surface area contributed by atoms with Crippen LogP contribution in [0.5, 0.6) is 5.75 Å². The van der Waals surface area contributed by atoms with Gasteiger partial charge in [0.25, 0.3) is 5.91 Å². The fraction of sp³-hybridized carbons (Fsp3) is 0.533. The summed E-state index contributed by atoms with van der Waals surface area (Å²) >= 11 is 0. The van der Waals surface area contributed by atoms with Crippen LogP contribution in [0, 0.1) is 5.41 Å². The van der Waals surface area contributed by atoms with Crippen LogP contribution in [0.3, 0.4) is 0 Å². The maximum Gasteiger partial charge on any atom is 0.264 e. The number of carbonyl (C=O) groups excluding carboxylic acids is 1. The molecule has 102 valence electrons. The second-order valence-electron chi connectivity index (χ2n) is 5.78. The van der Waals surface area contributed by atoms with E-state index < -0.39 is 0 Å². The Bertz CT molecular complexity index is 503. The molecule has 1 fully saturated rings. The van der Waals surface area contributed by atoms with E-state index in [0.29, 0.717) is 0 Å². The Morgan fingerprint density at radius 2 is 2.21 bits per heavy atom. The molecule has 1 aromatic carbocycles. The maximum atomic E-state index is 11.7. The zero-order valence-electron chi connectivity index (χ0n) is 11.3. The Morgan fingerprint density at radius 1 is 1.42 bits per heavy atom. The van der Waals surface area contributed by atoms with E-state index in [2.05, 4.69) is 12.1 Å². The molecule has 1 amide bonds. The van der Waals surface area contributed by atoms with Gasteiger partial charge in [0.15, 0.2) is 6.61 Å². The number of likely N-dealkylation sites (N-methyl/N-ethyl adjacent to an activating group) is 1. The van der Waals surface area contributed by atoms with Gasteiger partial charge in [-0.1, -0.05) is 12.5 Å². The fourth-order valence-electron chi connectivity index (χ4n) is 2.99. The van der Waals surface area contributed by atoms with E-state index in [-0.39, 0.29) is 17.9 Å². The minimum absolute atomic E-state index is 0.00170. The summed E-state index contributed by atoms with van der Waals surface area (Å²) in [4.78, 5) is 13.3. The average Bonchev–Trinajstić information content (AvgIpc) is 2.39. The highest BCUT2D eigenvalue weighted by Gasteiger charge is 2.35. The van der Waals surface area contributed by atoms with E-state index >= 15 is 0 Å². The molecule has 3 rings (SSSR count). The Kier molecular flexibility index (Phi) is 2.97. The van der Waals surface area contributed by atoms with Crippen molar-refractivity contribution in [2.24, 2.45) is 11.1 Å². The van der Waals surface area contributed by atoms with Crippen LogP contribution in [0.2, 0.25) is 0 Å². The van der Waals surface area contributed by atoms with Crippen LogP contribution in [-0.4, -0.2) is 26.1 Å². The summed E-state index contributed by atoms with van der Waals surface area (Å²) in [5, 5.41) is 0. The highest BCUT2D eigenvalue weighted by Crippen LogP contribution is 2.43. The third-order valence-electron chi connectivity index (χ3n) is 4.54. The summed E-state index contributed by atoms with van der Waals surface area (Å²) in [5.74, 6) is 0.795. The van der Waals surface area contributed by atoms with Crippen molar-refractivity contribution < 1.29 is 9.53 Å². The molecule has 1 aliphatic carbocycles. The van der Waals surface area contributed by atoms with Gasteiger partial charge in [-0.15, -0.1) is 0 Å². The largest absolute Gasteiger partial charge is 0.482 e. The third kappa shape index (κ3) is 2.10. The lowest BCUT2D eigenvalue weighted by molar-refractivity contribution is -0.120. The first-order chi connectivity index (χ1) is 9.13. The number of benzene rings is 1. The molecular weight excluding hydrogens is 240 g/mol. The number of nitrogens with zero attached hydrogens (tertiary/aromatic N) is 1. The molecule has 0 spiro atoms. The molecule has 0 aromatic heterocycles. The number of ether oxygens (including phenoxy) is 1. The Labute approximate surface area is 113 Å². The molecule has 1 saturated carbocycles. The molecule has 0 atom stereocenters. The SMILES string of the molecule is CN1C(=O)COc2ccc(CC3(CN)CCC3)cc21. The maximum absolute atomic E-state index is 11.7. The molecule has 19 heavy (non-hydrogen) atoms. The van der Waals surface area contributed by atoms with Crippen molar-refractivity contribution in [3.63, 3.8) is 0 Å². The summed E-state index contributed by atoms with van der Waals surface area (Å²) in [7, 11) is 1.80. The van der Waals surface area contributed by atoms with Gasteiger partial charge in [0.2, 0.25) is 0 Å². The standard InChI is InChI=1S/C15H20N2O2/c1-17-12-7-11(8-15(10-16)5-2-6-15)3-4-13(12)19-9-14(17)18/h3-4,7H,2,5-6,8-10,16H2,1H3. The second kappa shape index (κ2) is 4.53. The van der Waals surface area contributed by atoms with Crippen LogP contribution in [0.15, 0.2) is 18.2 Å². The van der Waals surface area contributed by atoms with Crippen molar-refractivity contribution in [3.8, 4) is 5.75 Å². The van der Waals surface area contributed by atoms with Gasteiger partial charge in [0.1, 0.15) is 5.75 Å². The van der Waals surface area contributed by atoms with Gasteiger partial charge in [-0.2, -0.15) is 0 Å². The van der Waals surface area contributed by atoms with Crippen LogP contribution >= 0.6 is 0 Å². The summed E-state index contributed by atoms with van der Waals surface area (Å²) in [6.45, 7) is 0.880. The molecule has 1 heterocycles. The Balaban J connectivity index is 1.86. The normalized spacial score (nSPS) is 20.5. The summed E-state index contributed by atoms with van der Waals surface area (Å²) in [6.07, 6.45) is 4.71. The number of hydrogen-bond acceptors (Lipinski definition) is 3. The van der Waals surface area contributed by atoms with Crippen LogP contribution in [-0.2, 0) is 11.2 Å². The van der Waals surface area contributed by atoms with E-state index in [1.165, 1.54) is 24.8 Å². The van der Waals surface area contributed by atoms with E-state index in [4.69, 9.17) is 10.5 Å². The van der Waals surface area contributed by atoms with Crippen molar-refractivity contribution >= 4 is 11.6 Å². The Morgan fingerprint density at radius 3 is 2.84 bits per heavy atom. The molecule has 4 nitrogen and oxygen atoms in total. The zero-order valence-corrected chi connectivity index (χ0v) is 11.3. The van der Waals surface area contributed by atoms with E-state index in [1.807, 2.05) is 6.07 Å². The number of fused-ring (bicyclic) bond motifs is 1. The minimum Gasteiger partial charge on any atom is -0.482 e. The first kappa shape index (κ1) is 12.5. The van der Waals surface area contributed by atoms with Crippen LogP contribution < -0.4 is 15.4 Å². The van der Waals surface area contributed by atoms with Crippen molar-refractivity contribution in [2.75, 3.05) is 25.1 Å². The predicted octanol–water partition coefficient (Wildman–Crippen LogP) is 1.71. The van der Waals surface area contributed by atoms with Gasteiger partial charge in [-0.3, -0.25) is 4.79 Å².